The van der Waals surface area contributed by atoms with Gasteiger partial charge in [0.15, 0.2) is 0 Å². The van der Waals surface area contributed by atoms with Gasteiger partial charge in [0, 0.05) is 22.8 Å². The van der Waals surface area contributed by atoms with Crippen LogP contribution in [0.25, 0.3) is 11.0 Å². The molecule has 0 spiro atoms. The van der Waals surface area contributed by atoms with Crippen molar-refractivity contribution in [3.63, 3.8) is 0 Å². The third kappa shape index (κ3) is 2.77. The number of rotatable bonds is 4. The van der Waals surface area contributed by atoms with Gasteiger partial charge in [-0.15, -0.1) is 0 Å². The lowest BCUT2D eigenvalue weighted by Crippen LogP contribution is -2.02. The Morgan fingerprint density at radius 1 is 1.24 bits per heavy atom. The van der Waals surface area contributed by atoms with E-state index >= 15 is 0 Å². The predicted octanol–water partition coefficient (Wildman–Crippen LogP) is 3.38. The number of benzene rings is 1. The summed E-state index contributed by atoms with van der Waals surface area (Å²) in [5.41, 5.74) is 8.40. The summed E-state index contributed by atoms with van der Waals surface area (Å²) in [7, 11) is 0. The van der Waals surface area contributed by atoms with Gasteiger partial charge in [0.25, 0.3) is 0 Å². The maximum atomic E-state index is 13.4. The van der Waals surface area contributed by atoms with E-state index in [1.54, 1.807) is 12.3 Å². The van der Waals surface area contributed by atoms with Crippen LogP contribution in [0.2, 0.25) is 5.02 Å². The second-order valence-electron chi connectivity index (χ2n) is 4.93. The summed E-state index contributed by atoms with van der Waals surface area (Å²) in [5, 5.41) is 1.63. The molecule has 0 atom stereocenters. The first kappa shape index (κ1) is 14.0. The molecule has 3 rings (SSSR count). The fourth-order valence-electron chi connectivity index (χ4n) is 2.52. The number of halogens is 2. The van der Waals surface area contributed by atoms with E-state index in [-0.39, 0.29) is 5.82 Å². The predicted molar refractivity (Wildman–Crippen MR) is 83.0 cm³/mol. The molecule has 0 amide bonds. The summed E-state index contributed by atoms with van der Waals surface area (Å²) < 4.78 is 15.4. The van der Waals surface area contributed by atoms with Crippen LogP contribution in [-0.4, -0.2) is 16.1 Å². The number of aromatic nitrogens is 2. The molecule has 0 bridgehead atoms. The molecule has 2 heterocycles. The van der Waals surface area contributed by atoms with E-state index in [1.807, 2.05) is 22.9 Å². The van der Waals surface area contributed by atoms with E-state index < -0.39 is 0 Å². The average Bonchev–Trinajstić information content (AvgIpc) is 2.82. The molecule has 0 radical (unpaired) electrons. The Morgan fingerprint density at radius 3 is 2.90 bits per heavy atom. The minimum absolute atomic E-state index is 0.291. The van der Waals surface area contributed by atoms with E-state index in [1.165, 1.54) is 12.1 Å². The van der Waals surface area contributed by atoms with E-state index in [2.05, 4.69) is 4.98 Å². The lowest BCUT2D eigenvalue weighted by Gasteiger charge is -2.07. The first-order chi connectivity index (χ1) is 10.2. The zero-order chi connectivity index (χ0) is 14.8. The zero-order valence-electron chi connectivity index (χ0n) is 11.4. The SMILES string of the molecule is NCCc1cn(Cc2cc(F)ccc2Cl)c2ncccc12. The van der Waals surface area contributed by atoms with Gasteiger partial charge in [-0.25, -0.2) is 9.37 Å². The maximum absolute atomic E-state index is 13.4. The van der Waals surface area contributed by atoms with Crippen molar-refractivity contribution >= 4 is 22.6 Å². The average molecular weight is 304 g/mol. The highest BCUT2D eigenvalue weighted by atomic mass is 35.5. The molecular formula is C16H15ClFN3. The first-order valence-electron chi connectivity index (χ1n) is 6.76. The van der Waals surface area contributed by atoms with Crippen molar-refractivity contribution < 1.29 is 4.39 Å². The normalized spacial score (nSPS) is 11.2. The van der Waals surface area contributed by atoms with Gasteiger partial charge in [-0.3, -0.25) is 0 Å². The largest absolute Gasteiger partial charge is 0.330 e. The van der Waals surface area contributed by atoms with Crippen LogP contribution in [0.15, 0.2) is 42.7 Å². The van der Waals surface area contributed by atoms with Gasteiger partial charge in [0.1, 0.15) is 11.5 Å². The van der Waals surface area contributed by atoms with E-state index in [0.29, 0.717) is 18.1 Å². The van der Waals surface area contributed by atoms with Crippen molar-refractivity contribution in [1.82, 2.24) is 9.55 Å². The highest BCUT2D eigenvalue weighted by Gasteiger charge is 2.11. The van der Waals surface area contributed by atoms with Crippen LogP contribution in [-0.2, 0) is 13.0 Å². The molecule has 0 fully saturated rings. The minimum atomic E-state index is -0.291. The molecule has 0 saturated carbocycles. The van der Waals surface area contributed by atoms with Gasteiger partial charge in [0.05, 0.1) is 6.54 Å². The van der Waals surface area contributed by atoms with Gasteiger partial charge in [-0.05, 0) is 54.4 Å². The van der Waals surface area contributed by atoms with Gasteiger partial charge >= 0.3 is 0 Å². The summed E-state index contributed by atoms with van der Waals surface area (Å²) >= 11 is 6.14. The second kappa shape index (κ2) is 5.84. The highest BCUT2D eigenvalue weighted by Crippen LogP contribution is 2.23. The Hall–Kier alpha value is -1.91. The quantitative estimate of drug-likeness (QED) is 0.803. The van der Waals surface area contributed by atoms with Crippen molar-refractivity contribution in [1.29, 1.82) is 0 Å². The monoisotopic (exact) mass is 303 g/mol. The Bertz CT molecular complexity index is 782. The van der Waals surface area contributed by atoms with E-state index in [9.17, 15) is 4.39 Å². The van der Waals surface area contributed by atoms with Gasteiger partial charge in [-0.2, -0.15) is 0 Å². The van der Waals surface area contributed by atoms with Crippen LogP contribution >= 0.6 is 11.6 Å². The molecule has 3 nitrogen and oxygen atoms in total. The van der Waals surface area contributed by atoms with Crippen LogP contribution in [0.1, 0.15) is 11.1 Å². The Labute approximate surface area is 127 Å². The minimum Gasteiger partial charge on any atom is -0.330 e. The molecule has 0 aliphatic carbocycles. The summed E-state index contributed by atoms with van der Waals surface area (Å²) in [4.78, 5) is 4.42. The molecule has 108 valence electrons. The zero-order valence-corrected chi connectivity index (χ0v) is 12.1. The van der Waals surface area contributed by atoms with E-state index in [4.69, 9.17) is 17.3 Å². The van der Waals surface area contributed by atoms with E-state index in [0.717, 1.165) is 28.6 Å². The number of pyridine rings is 1. The van der Waals surface area contributed by atoms with Gasteiger partial charge in [0.2, 0.25) is 0 Å². The van der Waals surface area contributed by atoms with Crippen LogP contribution < -0.4 is 5.73 Å². The first-order valence-corrected chi connectivity index (χ1v) is 7.13. The lowest BCUT2D eigenvalue weighted by atomic mass is 10.2. The smallest absolute Gasteiger partial charge is 0.140 e. The molecule has 2 aromatic heterocycles. The van der Waals surface area contributed by atoms with Crippen LogP contribution in [0.3, 0.4) is 0 Å². The van der Waals surface area contributed by atoms with Crippen molar-refractivity contribution in [2.24, 2.45) is 5.73 Å². The summed E-state index contributed by atoms with van der Waals surface area (Å²) in [6.45, 7) is 1.06. The summed E-state index contributed by atoms with van der Waals surface area (Å²) in [5.74, 6) is -0.291. The third-order valence-corrected chi connectivity index (χ3v) is 3.85. The molecular weight excluding hydrogens is 289 g/mol. The topological polar surface area (TPSA) is 43.8 Å². The van der Waals surface area contributed by atoms with Crippen LogP contribution in [0, 0.1) is 5.82 Å². The van der Waals surface area contributed by atoms with Crippen molar-refractivity contribution in [2.45, 2.75) is 13.0 Å². The van der Waals surface area contributed by atoms with Gasteiger partial charge in [-0.1, -0.05) is 11.6 Å². The highest BCUT2D eigenvalue weighted by molar-refractivity contribution is 6.31. The van der Waals surface area contributed by atoms with Crippen LogP contribution in [0.4, 0.5) is 4.39 Å². The molecule has 5 heteroatoms. The molecule has 3 aromatic rings. The third-order valence-electron chi connectivity index (χ3n) is 3.48. The second-order valence-corrected chi connectivity index (χ2v) is 5.34. The molecule has 2 N–H and O–H groups in total. The molecule has 0 saturated heterocycles. The number of fused-ring (bicyclic) bond motifs is 1. The number of nitrogens with zero attached hydrogens (tertiary/aromatic N) is 2. The number of hydrogen-bond donors (Lipinski definition) is 1. The number of hydrogen-bond acceptors (Lipinski definition) is 2. The Kier molecular flexibility index (Phi) is 3.90. The summed E-state index contributed by atoms with van der Waals surface area (Å²) in [6, 6.07) is 8.32. The molecule has 0 aliphatic rings. The fraction of sp³-hybridized carbons (Fsp3) is 0.188. The van der Waals surface area contributed by atoms with Crippen LogP contribution in [0.5, 0.6) is 0 Å². The lowest BCUT2D eigenvalue weighted by molar-refractivity contribution is 0.624. The molecule has 1 aromatic carbocycles. The Morgan fingerprint density at radius 2 is 2.10 bits per heavy atom. The van der Waals surface area contributed by atoms with Crippen molar-refractivity contribution in [3.05, 3.63) is 64.7 Å². The fourth-order valence-corrected chi connectivity index (χ4v) is 2.70. The molecule has 21 heavy (non-hydrogen) atoms. The standard InChI is InChI=1S/C16H15ClFN3/c17-15-4-3-13(18)8-12(15)10-21-9-11(5-6-19)14-2-1-7-20-16(14)21/h1-4,7-9H,5-6,10,19H2. The molecule has 0 aliphatic heterocycles. The maximum Gasteiger partial charge on any atom is 0.140 e. The number of nitrogens with two attached hydrogens (primary N) is 1. The van der Waals surface area contributed by atoms with Gasteiger partial charge < -0.3 is 10.3 Å². The summed E-state index contributed by atoms with van der Waals surface area (Å²) in [6.07, 6.45) is 4.55. The van der Waals surface area contributed by atoms with Crippen molar-refractivity contribution in [3.8, 4) is 0 Å². The Balaban J connectivity index is 2.06. The van der Waals surface area contributed by atoms with Crippen molar-refractivity contribution in [2.75, 3.05) is 6.54 Å². The molecule has 0 unspecified atom stereocenters.